The molecule has 3 aromatic rings. The van der Waals surface area contributed by atoms with Crippen LogP contribution in [0, 0.1) is 13.8 Å². The maximum Gasteiger partial charge on any atom is 0.255 e. The van der Waals surface area contributed by atoms with Crippen molar-refractivity contribution in [3.05, 3.63) is 89.0 Å². The zero-order valence-corrected chi connectivity index (χ0v) is 16.6. The molecule has 2 heterocycles. The molecule has 0 spiro atoms. The van der Waals surface area contributed by atoms with Gasteiger partial charge in [-0.2, -0.15) is 0 Å². The topological polar surface area (TPSA) is 64.2 Å². The molecular weight excluding hydrogens is 348 g/mol. The molecule has 2 aromatic heterocycles. The third-order valence-electron chi connectivity index (χ3n) is 4.99. The van der Waals surface area contributed by atoms with Crippen LogP contribution in [0.2, 0.25) is 0 Å². The Balaban J connectivity index is 1.85. The fourth-order valence-corrected chi connectivity index (χ4v) is 3.42. The van der Waals surface area contributed by atoms with Gasteiger partial charge in [-0.3, -0.25) is 9.78 Å². The van der Waals surface area contributed by atoms with Gasteiger partial charge in [0.15, 0.2) is 0 Å². The van der Waals surface area contributed by atoms with Gasteiger partial charge in [0.25, 0.3) is 5.91 Å². The molecule has 146 valence electrons. The molecule has 3 rings (SSSR count). The van der Waals surface area contributed by atoms with Gasteiger partial charge in [0.2, 0.25) is 0 Å². The molecule has 2 N–H and O–H groups in total. The Morgan fingerprint density at radius 1 is 1.11 bits per heavy atom. The third-order valence-corrected chi connectivity index (χ3v) is 4.99. The first kappa shape index (κ1) is 19.8. The molecule has 0 radical (unpaired) electrons. The number of carbonyl (C=O) groups excluding carboxylic acids is 1. The number of hydrogen-bond donors (Lipinski definition) is 1. The summed E-state index contributed by atoms with van der Waals surface area (Å²) in [5, 5.41) is 0. The van der Waals surface area contributed by atoms with E-state index in [4.69, 9.17) is 5.73 Å². The van der Waals surface area contributed by atoms with Crippen molar-refractivity contribution in [1.29, 1.82) is 0 Å². The molecule has 0 aliphatic heterocycles. The summed E-state index contributed by atoms with van der Waals surface area (Å²) in [6.07, 6.45) is 2.58. The predicted molar refractivity (Wildman–Crippen MR) is 112 cm³/mol. The van der Waals surface area contributed by atoms with Gasteiger partial charge in [0, 0.05) is 30.7 Å². The molecule has 0 saturated heterocycles. The summed E-state index contributed by atoms with van der Waals surface area (Å²) in [6, 6.07) is 18.0. The van der Waals surface area contributed by atoms with Gasteiger partial charge in [-0.05, 0) is 50.6 Å². The Morgan fingerprint density at radius 2 is 1.86 bits per heavy atom. The second-order valence-electron chi connectivity index (χ2n) is 7.05. The first-order chi connectivity index (χ1) is 13.6. The molecule has 0 aliphatic carbocycles. The number of nitrogens with zero attached hydrogens (tertiary/aromatic N) is 3. The number of benzene rings is 1. The average Bonchev–Trinajstić information content (AvgIpc) is 3.00. The van der Waals surface area contributed by atoms with Crippen LogP contribution in [0.25, 0.3) is 0 Å². The van der Waals surface area contributed by atoms with Crippen LogP contribution >= 0.6 is 0 Å². The van der Waals surface area contributed by atoms with E-state index in [1.807, 2.05) is 73.3 Å². The summed E-state index contributed by atoms with van der Waals surface area (Å²) in [5.74, 6) is 0.0534. The molecule has 28 heavy (non-hydrogen) atoms. The number of aryl methyl sites for hydroxylation is 1. The standard InChI is InChI=1S/C23H28N4O/c1-18-15-22(19(2)27(18)17-21-11-6-7-13-25-21)23(28)26(14-8-12-24)16-20-9-4-3-5-10-20/h3-7,9-11,13,15H,8,12,14,16-17,24H2,1-2H3. The van der Waals surface area contributed by atoms with E-state index in [-0.39, 0.29) is 5.91 Å². The Kier molecular flexibility index (Phi) is 6.61. The van der Waals surface area contributed by atoms with Crippen molar-refractivity contribution in [2.24, 2.45) is 5.73 Å². The van der Waals surface area contributed by atoms with Gasteiger partial charge in [-0.25, -0.2) is 0 Å². The number of carbonyl (C=O) groups is 1. The van der Waals surface area contributed by atoms with E-state index < -0.39 is 0 Å². The van der Waals surface area contributed by atoms with Crippen molar-refractivity contribution in [2.75, 3.05) is 13.1 Å². The van der Waals surface area contributed by atoms with Gasteiger partial charge < -0.3 is 15.2 Å². The summed E-state index contributed by atoms with van der Waals surface area (Å²) in [6.45, 7) is 6.50. The quantitative estimate of drug-likeness (QED) is 0.654. The van der Waals surface area contributed by atoms with Crippen LogP contribution < -0.4 is 5.73 Å². The maximum absolute atomic E-state index is 13.4. The van der Waals surface area contributed by atoms with Gasteiger partial charge in [0.1, 0.15) is 0 Å². The molecule has 0 unspecified atom stereocenters. The molecule has 0 atom stereocenters. The number of pyridine rings is 1. The lowest BCUT2D eigenvalue weighted by atomic mass is 10.1. The molecule has 5 nitrogen and oxygen atoms in total. The Morgan fingerprint density at radius 3 is 2.54 bits per heavy atom. The largest absolute Gasteiger partial charge is 0.342 e. The van der Waals surface area contributed by atoms with Crippen LogP contribution in [0.15, 0.2) is 60.8 Å². The van der Waals surface area contributed by atoms with Crippen LogP contribution in [0.1, 0.15) is 39.4 Å². The van der Waals surface area contributed by atoms with E-state index in [0.29, 0.717) is 26.2 Å². The molecule has 5 heteroatoms. The highest BCUT2D eigenvalue weighted by Gasteiger charge is 2.21. The van der Waals surface area contributed by atoms with Crippen molar-refractivity contribution in [3.8, 4) is 0 Å². The van der Waals surface area contributed by atoms with Gasteiger partial charge in [0.05, 0.1) is 17.8 Å². The van der Waals surface area contributed by atoms with Gasteiger partial charge in [-0.1, -0.05) is 36.4 Å². The van der Waals surface area contributed by atoms with Crippen LogP contribution in [0.5, 0.6) is 0 Å². The predicted octanol–water partition coefficient (Wildman–Crippen LogP) is 3.54. The van der Waals surface area contributed by atoms with E-state index in [2.05, 4.69) is 9.55 Å². The number of rotatable bonds is 8. The van der Waals surface area contributed by atoms with Crippen molar-refractivity contribution in [2.45, 2.75) is 33.4 Å². The highest BCUT2D eigenvalue weighted by molar-refractivity contribution is 5.95. The Bertz CT molecular complexity index is 903. The van der Waals surface area contributed by atoms with Crippen LogP contribution in [-0.4, -0.2) is 33.4 Å². The molecule has 0 saturated carbocycles. The summed E-state index contributed by atoms with van der Waals surface area (Å²) < 4.78 is 2.15. The highest BCUT2D eigenvalue weighted by Crippen LogP contribution is 2.20. The minimum atomic E-state index is 0.0534. The molecule has 1 amide bonds. The summed E-state index contributed by atoms with van der Waals surface area (Å²) in [4.78, 5) is 19.7. The second kappa shape index (κ2) is 9.33. The SMILES string of the molecule is Cc1cc(C(=O)N(CCCN)Cc2ccccc2)c(C)n1Cc1ccccn1. The Hall–Kier alpha value is -2.92. The summed E-state index contributed by atoms with van der Waals surface area (Å²) in [7, 11) is 0. The van der Waals surface area contributed by atoms with Gasteiger partial charge in [-0.15, -0.1) is 0 Å². The number of amides is 1. The molecule has 0 aliphatic rings. The summed E-state index contributed by atoms with van der Waals surface area (Å²) in [5.41, 5.74) is 10.6. The Labute approximate surface area is 166 Å². The van der Waals surface area contributed by atoms with E-state index in [1.165, 1.54) is 0 Å². The number of nitrogens with two attached hydrogens (primary N) is 1. The lowest BCUT2D eigenvalue weighted by molar-refractivity contribution is 0.0741. The lowest BCUT2D eigenvalue weighted by Gasteiger charge is -2.23. The minimum absolute atomic E-state index is 0.0534. The van der Waals surface area contributed by atoms with E-state index in [0.717, 1.165) is 34.6 Å². The van der Waals surface area contributed by atoms with Crippen LogP contribution in [0.4, 0.5) is 0 Å². The average molecular weight is 377 g/mol. The normalized spacial score (nSPS) is 10.8. The molecule has 1 aromatic carbocycles. The fourth-order valence-electron chi connectivity index (χ4n) is 3.42. The van der Waals surface area contributed by atoms with Crippen molar-refractivity contribution >= 4 is 5.91 Å². The number of hydrogen-bond acceptors (Lipinski definition) is 3. The zero-order valence-electron chi connectivity index (χ0n) is 16.6. The maximum atomic E-state index is 13.4. The molecule has 0 fully saturated rings. The highest BCUT2D eigenvalue weighted by atomic mass is 16.2. The lowest BCUT2D eigenvalue weighted by Crippen LogP contribution is -2.32. The first-order valence-corrected chi connectivity index (χ1v) is 9.70. The fraction of sp³-hybridized carbons (Fsp3) is 0.304. The first-order valence-electron chi connectivity index (χ1n) is 9.70. The third kappa shape index (κ3) is 4.67. The summed E-state index contributed by atoms with van der Waals surface area (Å²) >= 11 is 0. The minimum Gasteiger partial charge on any atom is -0.342 e. The molecular formula is C23H28N4O. The monoisotopic (exact) mass is 376 g/mol. The van der Waals surface area contributed by atoms with E-state index in [1.54, 1.807) is 6.20 Å². The second-order valence-corrected chi connectivity index (χ2v) is 7.05. The van der Waals surface area contributed by atoms with Crippen LogP contribution in [0.3, 0.4) is 0 Å². The van der Waals surface area contributed by atoms with Gasteiger partial charge >= 0.3 is 0 Å². The van der Waals surface area contributed by atoms with Crippen molar-refractivity contribution < 1.29 is 4.79 Å². The van der Waals surface area contributed by atoms with Crippen molar-refractivity contribution in [1.82, 2.24) is 14.5 Å². The number of aromatic nitrogens is 2. The van der Waals surface area contributed by atoms with Crippen molar-refractivity contribution in [3.63, 3.8) is 0 Å². The van der Waals surface area contributed by atoms with E-state index >= 15 is 0 Å². The molecule has 0 bridgehead atoms. The zero-order chi connectivity index (χ0) is 19.9. The van der Waals surface area contributed by atoms with Crippen LogP contribution in [-0.2, 0) is 13.1 Å². The smallest absolute Gasteiger partial charge is 0.255 e. The van der Waals surface area contributed by atoms with E-state index in [9.17, 15) is 4.79 Å².